The van der Waals surface area contributed by atoms with E-state index >= 15 is 0 Å². The van der Waals surface area contributed by atoms with Crippen LogP contribution in [-0.4, -0.2) is 10.2 Å². The van der Waals surface area contributed by atoms with Crippen LogP contribution < -0.4 is 0 Å². The van der Waals surface area contributed by atoms with Gasteiger partial charge in [-0.15, -0.1) is 0 Å². The van der Waals surface area contributed by atoms with Gasteiger partial charge < -0.3 is 10.2 Å². The zero-order valence-corrected chi connectivity index (χ0v) is 19.4. The lowest BCUT2D eigenvalue weighted by molar-refractivity contribution is 0.281. The van der Waals surface area contributed by atoms with E-state index in [1.165, 1.54) is 43.8 Å². The van der Waals surface area contributed by atoms with E-state index in [0.717, 1.165) is 36.8 Å². The number of rotatable bonds is 8. The smallest absolute Gasteiger partial charge is 0.0681 e. The molecule has 5 aromatic rings. The van der Waals surface area contributed by atoms with Crippen molar-refractivity contribution in [2.45, 2.75) is 38.9 Å². The first kappa shape index (κ1) is 22.3. The molecule has 0 spiro atoms. The summed E-state index contributed by atoms with van der Waals surface area (Å²) in [5, 5.41) is 24.0. The predicted molar refractivity (Wildman–Crippen MR) is 141 cm³/mol. The van der Waals surface area contributed by atoms with Crippen molar-refractivity contribution in [3.05, 3.63) is 130 Å². The largest absolute Gasteiger partial charge is 0.392 e. The minimum Gasteiger partial charge on any atom is -0.392 e. The fourth-order valence-corrected chi connectivity index (χ4v) is 5.01. The molecule has 0 aromatic heterocycles. The van der Waals surface area contributed by atoms with Crippen molar-refractivity contribution in [1.82, 2.24) is 0 Å². The third-order valence-electron chi connectivity index (χ3n) is 6.89. The van der Waals surface area contributed by atoms with Crippen LogP contribution in [0.3, 0.4) is 0 Å². The van der Waals surface area contributed by atoms with Gasteiger partial charge in [0.05, 0.1) is 13.2 Å². The molecule has 0 heterocycles. The molecule has 2 N–H and O–H groups in total. The van der Waals surface area contributed by atoms with Crippen molar-refractivity contribution in [3.63, 3.8) is 0 Å². The van der Waals surface area contributed by atoms with Gasteiger partial charge >= 0.3 is 0 Å². The molecule has 2 heteroatoms. The quantitative estimate of drug-likeness (QED) is 0.265. The number of aliphatic hydroxyl groups excluding tert-OH is 2. The van der Waals surface area contributed by atoms with Crippen LogP contribution in [-0.2, 0) is 38.9 Å². The Kier molecular flexibility index (Phi) is 6.71. The summed E-state index contributed by atoms with van der Waals surface area (Å²) in [5.74, 6) is 0. The van der Waals surface area contributed by atoms with Crippen molar-refractivity contribution >= 4 is 21.5 Å². The first-order valence-corrected chi connectivity index (χ1v) is 12.1. The summed E-state index contributed by atoms with van der Waals surface area (Å²) >= 11 is 0. The topological polar surface area (TPSA) is 40.5 Å². The highest BCUT2D eigenvalue weighted by Crippen LogP contribution is 2.34. The van der Waals surface area contributed by atoms with Crippen LogP contribution in [0.2, 0.25) is 0 Å². The van der Waals surface area contributed by atoms with Gasteiger partial charge in [-0.2, -0.15) is 0 Å². The molecule has 0 radical (unpaired) electrons. The zero-order chi connectivity index (χ0) is 23.3. The first-order valence-electron chi connectivity index (χ1n) is 12.1. The van der Waals surface area contributed by atoms with Crippen molar-refractivity contribution in [1.29, 1.82) is 0 Å². The van der Waals surface area contributed by atoms with Crippen molar-refractivity contribution < 1.29 is 10.2 Å². The molecule has 0 aliphatic heterocycles. The maximum Gasteiger partial charge on any atom is 0.0681 e. The van der Waals surface area contributed by atoms with Gasteiger partial charge in [-0.3, -0.25) is 0 Å². The molecule has 170 valence electrons. The van der Waals surface area contributed by atoms with E-state index in [1.807, 2.05) is 24.3 Å². The van der Waals surface area contributed by atoms with Gasteiger partial charge in [0.25, 0.3) is 0 Å². The molecular weight excluding hydrogens is 416 g/mol. The number of aryl methyl sites for hydroxylation is 4. The van der Waals surface area contributed by atoms with Gasteiger partial charge in [-0.25, -0.2) is 0 Å². The molecule has 0 saturated carbocycles. The fraction of sp³-hybridized carbons (Fsp3) is 0.188. The van der Waals surface area contributed by atoms with Gasteiger partial charge in [0, 0.05) is 0 Å². The minimum atomic E-state index is 0.0859. The van der Waals surface area contributed by atoms with Crippen molar-refractivity contribution in [2.75, 3.05) is 0 Å². The third-order valence-corrected chi connectivity index (χ3v) is 6.89. The Morgan fingerprint density at radius 2 is 0.647 bits per heavy atom. The van der Waals surface area contributed by atoms with E-state index in [9.17, 15) is 10.2 Å². The standard InChI is InChI=1S/C32H30O2/c33-21-25-13-9-23(10-14-25)17-19-31-27-5-1-2-6-28(27)32(30-8-4-3-7-29(30)31)20-18-24-11-15-26(22-34)16-12-24/h1-16,33-34H,17-22H2. The van der Waals surface area contributed by atoms with Gasteiger partial charge in [-0.05, 0) is 80.6 Å². The van der Waals surface area contributed by atoms with Crippen LogP contribution in [0.5, 0.6) is 0 Å². The summed E-state index contributed by atoms with van der Waals surface area (Å²) in [6.07, 6.45) is 3.89. The summed E-state index contributed by atoms with van der Waals surface area (Å²) < 4.78 is 0. The number of fused-ring (bicyclic) bond motifs is 2. The molecule has 0 amide bonds. The highest BCUT2D eigenvalue weighted by atomic mass is 16.3. The van der Waals surface area contributed by atoms with Crippen molar-refractivity contribution in [2.24, 2.45) is 0 Å². The molecule has 5 aromatic carbocycles. The molecule has 0 fully saturated rings. The Balaban J connectivity index is 1.52. The Bertz CT molecular complexity index is 1230. The lowest BCUT2D eigenvalue weighted by Crippen LogP contribution is -2.00. The molecular formula is C32H30O2. The molecule has 5 rings (SSSR count). The van der Waals surface area contributed by atoms with E-state index in [2.05, 4.69) is 72.8 Å². The number of hydrogen-bond donors (Lipinski definition) is 2. The van der Waals surface area contributed by atoms with E-state index in [1.54, 1.807) is 0 Å². The monoisotopic (exact) mass is 446 g/mol. The molecule has 0 aliphatic rings. The van der Waals surface area contributed by atoms with Gasteiger partial charge in [0.2, 0.25) is 0 Å². The Morgan fingerprint density at radius 1 is 0.353 bits per heavy atom. The summed E-state index contributed by atoms with van der Waals surface area (Å²) in [4.78, 5) is 0. The van der Waals surface area contributed by atoms with Crippen LogP contribution in [0.1, 0.15) is 33.4 Å². The van der Waals surface area contributed by atoms with Gasteiger partial charge in [-0.1, -0.05) is 97.1 Å². The van der Waals surface area contributed by atoms with E-state index in [4.69, 9.17) is 0 Å². The van der Waals surface area contributed by atoms with Crippen LogP contribution in [0.25, 0.3) is 21.5 Å². The van der Waals surface area contributed by atoms with Crippen molar-refractivity contribution in [3.8, 4) is 0 Å². The fourth-order valence-electron chi connectivity index (χ4n) is 5.01. The second-order valence-corrected chi connectivity index (χ2v) is 9.00. The van der Waals surface area contributed by atoms with Crippen LogP contribution in [0.15, 0.2) is 97.1 Å². The Hall–Kier alpha value is -3.46. The first-order chi connectivity index (χ1) is 16.8. The highest BCUT2D eigenvalue weighted by Gasteiger charge is 2.14. The van der Waals surface area contributed by atoms with Crippen LogP contribution >= 0.6 is 0 Å². The summed E-state index contributed by atoms with van der Waals surface area (Å²) in [7, 11) is 0. The third kappa shape index (κ3) is 4.61. The van der Waals surface area contributed by atoms with E-state index < -0.39 is 0 Å². The Labute approximate surface area is 201 Å². The maximum atomic E-state index is 9.33. The lowest BCUT2D eigenvalue weighted by Gasteiger charge is -2.17. The highest BCUT2D eigenvalue weighted by molar-refractivity contribution is 6.05. The van der Waals surface area contributed by atoms with Crippen LogP contribution in [0, 0.1) is 0 Å². The maximum absolute atomic E-state index is 9.33. The molecule has 2 nitrogen and oxygen atoms in total. The molecule has 0 bridgehead atoms. The number of benzene rings is 5. The number of hydrogen-bond acceptors (Lipinski definition) is 2. The van der Waals surface area contributed by atoms with E-state index in [-0.39, 0.29) is 13.2 Å². The average Bonchev–Trinajstić information content (AvgIpc) is 2.91. The zero-order valence-electron chi connectivity index (χ0n) is 19.4. The normalized spacial score (nSPS) is 11.4. The lowest BCUT2D eigenvalue weighted by atomic mass is 9.87. The molecule has 0 atom stereocenters. The van der Waals surface area contributed by atoms with E-state index in [0.29, 0.717) is 0 Å². The summed E-state index contributed by atoms with van der Waals surface area (Å²) in [6.45, 7) is 0.172. The summed E-state index contributed by atoms with van der Waals surface area (Å²) in [6, 6.07) is 34.3. The Morgan fingerprint density at radius 3 is 0.941 bits per heavy atom. The second kappa shape index (κ2) is 10.2. The molecule has 0 saturated heterocycles. The summed E-state index contributed by atoms with van der Waals surface area (Å²) in [5.41, 5.74) is 7.31. The molecule has 0 unspecified atom stereocenters. The molecule has 0 aliphatic carbocycles. The van der Waals surface area contributed by atoms with Gasteiger partial charge in [0.1, 0.15) is 0 Å². The SMILES string of the molecule is OCc1ccc(CCc2c3ccccc3c(CCc3ccc(CO)cc3)c3ccccc23)cc1. The number of aliphatic hydroxyl groups is 2. The predicted octanol–water partition coefficient (Wildman–Crippen LogP) is 6.55. The van der Waals surface area contributed by atoms with Crippen LogP contribution in [0.4, 0.5) is 0 Å². The second-order valence-electron chi connectivity index (χ2n) is 9.00. The average molecular weight is 447 g/mol. The van der Waals surface area contributed by atoms with Gasteiger partial charge in [0.15, 0.2) is 0 Å². The molecule has 34 heavy (non-hydrogen) atoms. The minimum absolute atomic E-state index is 0.0859.